The van der Waals surface area contributed by atoms with Gasteiger partial charge in [0.1, 0.15) is 0 Å². The fraction of sp³-hybridized carbons (Fsp3) is 0.250. The summed E-state index contributed by atoms with van der Waals surface area (Å²) in [6, 6.07) is 8.76. The third-order valence-corrected chi connectivity index (χ3v) is 1.69. The average molecular weight is 152 g/mol. The molecule has 1 radical (unpaired) electrons. The van der Waals surface area contributed by atoms with Crippen molar-refractivity contribution < 1.29 is 4.21 Å². The number of aryl methyl sites for hydroxylation is 1. The minimum Gasteiger partial charge on any atom is -0.0536 e. The zero-order valence-corrected chi connectivity index (χ0v) is 6.57. The maximum absolute atomic E-state index is 10.1. The van der Waals surface area contributed by atoms with Crippen LogP contribution >= 0.6 is 0 Å². The molecular formula is C8H8OS+. The van der Waals surface area contributed by atoms with Crippen LogP contribution in [0.4, 0.5) is 0 Å². The third kappa shape index (κ3) is 1.88. The summed E-state index contributed by atoms with van der Waals surface area (Å²) in [7, 11) is 0. The molecule has 0 aliphatic carbocycles. The van der Waals surface area contributed by atoms with Crippen molar-refractivity contribution in [2.45, 2.75) is 12.7 Å². The second-order valence-electron chi connectivity index (χ2n) is 2.14. The quantitative estimate of drug-likeness (QED) is 0.590. The molecule has 2 heteroatoms. The van der Waals surface area contributed by atoms with Crippen LogP contribution in [0.3, 0.4) is 0 Å². The molecule has 1 nitrogen and oxygen atoms in total. The number of benzene rings is 1. The van der Waals surface area contributed by atoms with Gasteiger partial charge in [0.25, 0.3) is 5.75 Å². The summed E-state index contributed by atoms with van der Waals surface area (Å²) in [6.45, 7) is 1.97. The summed E-state index contributed by atoms with van der Waals surface area (Å²) >= 11 is 0.600. The highest BCUT2D eigenvalue weighted by Gasteiger charge is 2.00. The molecule has 0 unspecified atom stereocenters. The Bertz CT molecular complexity index is 232. The molecular weight excluding hydrogens is 144 g/mol. The summed E-state index contributed by atoms with van der Waals surface area (Å²) in [5.74, 6) is 0.551. The van der Waals surface area contributed by atoms with Crippen LogP contribution in [0.25, 0.3) is 0 Å². The second kappa shape index (κ2) is 3.42. The van der Waals surface area contributed by atoms with Gasteiger partial charge >= 0.3 is 11.7 Å². The van der Waals surface area contributed by atoms with Crippen molar-refractivity contribution in [2.75, 3.05) is 0 Å². The van der Waals surface area contributed by atoms with E-state index in [2.05, 4.69) is 6.07 Å². The first-order chi connectivity index (χ1) is 4.83. The molecule has 0 saturated heterocycles. The number of hydrogen-bond donors (Lipinski definition) is 0. The first-order valence-electron chi connectivity index (χ1n) is 3.05. The van der Waals surface area contributed by atoms with Gasteiger partial charge in [0, 0.05) is 9.77 Å². The lowest BCUT2D eigenvalue weighted by Gasteiger charge is -1.89. The summed E-state index contributed by atoms with van der Waals surface area (Å²) in [5, 5.41) is 0. The van der Waals surface area contributed by atoms with E-state index in [0.29, 0.717) is 17.4 Å². The first kappa shape index (κ1) is 7.35. The van der Waals surface area contributed by atoms with Crippen molar-refractivity contribution in [1.82, 2.24) is 0 Å². The molecule has 1 rings (SSSR count). The minimum atomic E-state index is 0.551. The van der Waals surface area contributed by atoms with Crippen LogP contribution in [-0.4, -0.2) is 0 Å². The molecule has 0 fully saturated rings. The lowest BCUT2D eigenvalue weighted by atomic mass is 10.2. The molecule has 0 heterocycles. The Labute approximate surface area is 64.6 Å². The minimum absolute atomic E-state index is 0.551. The Morgan fingerprint density at radius 1 is 1.70 bits per heavy atom. The summed E-state index contributed by atoms with van der Waals surface area (Å²) in [6.07, 6.45) is 0. The van der Waals surface area contributed by atoms with Crippen LogP contribution < -0.4 is 0 Å². The molecule has 51 valence electrons. The van der Waals surface area contributed by atoms with E-state index in [0.717, 1.165) is 11.1 Å². The van der Waals surface area contributed by atoms with Crippen molar-refractivity contribution in [2.24, 2.45) is 0 Å². The fourth-order valence-corrected chi connectivity index (χ4v) is 1.12. The van der Waals surface area contributed by atoms with Crippen molar-refractivity contribution in [3.63, 3.8) is 0 Å². The summed E-state index contributed by atoms with van der Waals surface area (Å²) in [5.41, 5.74) is 2.17. The van der Waals surface area contributed by atoms with Gasteiger partial charge in [0.15, 0.2) is 0 Å². The van der Waals surface area contributed by atoms with E-state index in [1.165, 1.54) is 0 Å². The number of rotatable bonds is 2. The SMILES string of the molecule is Cc1[c]ccc(C[S+]=O)c1. The molecule has 10 heavy (non-hydrogen) atoms. The van der Waals surface area contributed by atoms with Gasteiger partial charge in [-0.2, -0.15) is 0 Å². The Morgan fingerprint density at radius 3 is 3.10 bits per heavy atom. The summed E-state index contributed by atoms with van der Waals surface area (Å²) < 4.78 is 10.1. The van der Waals surface area contributed by atoms with Gasteiger partial charge in [-0.1, -0.05) is 12.1 Å². The van der Waals surface area contributed by atoms with E-state index >= 15 is 0 Å². The van der Waals surface area contributed by atoms with Crippen molar-refractivity contribution >= 4 is 11.7 Å². The smallest absolute Gasteiger partial charge is 0.0536 e. The molecule has 0 aromatic heterocycles. The average Bonchev–Trinajstić information content (AvgIpc) is 1.88. The zero-order chi connectivity index (χ0) is 7.40. The predicted octanol–water partition coefficient (Wildman–Crippen LogP) is 1.72. The maximum Gasteiger partial charge on any atom is 0.463 e. The van der Waals surface area contributed by atoms with Crippen molar-refractivity contribution in [3.8, 4) is 0 Å². The van der Waals surface area contributed by atoms with E-state index in [1.54, 1.807) is 0 Å². The highest BCUT2D eigenvalue weighted by molar-refractivity contribution is 7.64. The molecule has 0 saturated carbocycles. The van der Waals surface area contributed by atoms with Gasteiger partial charge in [0.05, 0.1) is 0 Å². The predicted molar refractivity (Wildman–Crippen MR) is 41.8 cm³/mol. The Kier molecular flexibility index (Phi) is 2.51. The molecule has 0 aliphatic rings. The van der Waals surface area contributed by atoms with Gasteiger partial charge in [-0.3, -0.25) is 0 Å². The topological polar surface area (TPSA) is 17.1 Å². The van der Waals surface area contributed by atoms with Gasteiger partial charge < -0.3 is 0 Å². The first-order valence-corrected chi connectivity index (χ1v) is 3.96. The molecule has 0 bridgehead atoms. The molecule has 1 aromatic rings. The van der Waals surface area contributed by atoms with Crippen LogP contribution in [0.5, 0.6) is 0 Å². The van der Waals surface area contributed by atoms with Gasteiger partial charge in [-0.05, 0) is 24.6 Å². The highest BCUT2D eigenvalue weighted by atomic mass is 32.1. The molecule has 0 aliphatic heterocycles. The monoisotopic (exact) mass is 152 g/mol. The fourth-order valence-electron chi connectivity index (χ4n) is 0.806. The Hall–Kier alpha value is -0.760. The van der Waals surface area contributed by atoms with Crippen molar-refractivity contribution in [1.29, 1.82) is 0 Å². The normalized spacial score (nSPS) is 9.30. The zero-order valence-electron chi connectivity index (χ0n) is 5.76. The van der Waals surface area contributed by atoms with Crippen LogP contribution in [0, 0.1) is 13.0 Å². The molecule has 0 atom stereocenters. The lowest BCUT2D eigenvalue weighted by molar-refractivity contribution is 0.604. The Morgan fingerprint density at radius 2 is 2.50 bits per heavy atom. The summed E-state index contributed by atoms with van der Waals surface area (Å²) in [4.78, 5) is 0. The number of hydrogen-bond acceptors (Lipinski definition) is 1. The van der Waals surface area contributed by atoms with Crippen LogP contribution in [0.2, 0.25) is 0 Å². The van der Waals surface area contributed by atoms with Crippen LogP contribution in [0.1, 0.15) is 11.1 Å². The van der Waals surface area contributed by atoms with Gasteiger partial charge in [-0.15, -0.1) is 0 Å². The molecule has 0 N–H and O–H groups in total. The van der Waals surface area contributed by atoms with Crippen LogP contribution in [0.15, 0.2) is 18.2 Å². The third-order valence-electron chi connectivity index (χ3n) is 1.24. The van der Waals surface area contributed by atoms with E-state index < -0.39 is 0 Å². The van der Waals surface area contributed by atoms with Crippen LogP contribution in [-0.2, 0) is 21.6 Å². The lowest BCUT2D eigenvalue weighted by Crippen LogP contribution is -1.82. The largest absolute Gasteiger partial charge is 0.463 e. The molecule has 0 amide bonds. The standard InChI is InChI=1S/C8H8OS/c1-7-3-2-4-8(5-7)6-10-9/h2,4-5H,6H2,1H3/q+1. The Balaban J connectivity index is 2.84. The highest BCUT2D eigenvalue weighted by Crippen LogP contribution is 2.02. The second-order valence-corrected chi connectivity index (χ2v) is 2.67. The van der Waals surface area contributed by atoms with E-state index in [-0.39, 0.29) is 0 Å². The van der Waals surface area contributed by atoms with Crippen molar-refractivity contribution in [3.05, 3.63) is 35.4 Å². The molecule has 0 spiro atoms. The van der Waals surface area contributed by atoms with Gasteiger partial charge in [0.2, 0.25) is 0 Å². The van der Waals surface area contributed by atoms with E-state index in [4.69, 9.17) is 0 Å². The molecule has 1 aromatic carbocycles. The van der Waals surface area contributed by atoms with Gasteiger partial charge in [-0.25, -0.2) is 0 Å². The van der Waals surface area contributed by atoms with E-state index in [1.807, 2.05) is 25.1 Å². The maximum atomic E-state index is 10.1. The van der Waals surface area contributed by atoms with E-state index in [9.17, 15) is 4.21 Å².